The lowest BCUT2D eigenvalue weighted by Crippen LogP contribution is -2.60. The summed E-state index contributed by atoms with van der Waals surface area (Å²) in [5, 5.41) is 18.3. The fourth-order valence-corrected chi connectivity index (χ4v) is 6.36. The molecule has 3 aliphatic carbocycles. The first-order valence-electron chi connectivity index (χ1n) is 11.0. The highest BCUT2D eigenvalue weighted by molar-refractivity contribution is 6.05. The molecule has 2 unspecified atom stereocenters. The summed E-state index contributed by atoms with van der Waals surface area (Å²) >= 11 is 0. The van der Waals surface area contributed by atoms with Gasteiger partial charge in [0.1, 0.15) is 11.3 Å². The van der Waals surface area contributed by atoms with Crippen molar-refractivity contribution in [3.8, 4) is 0 Å². The molecule has 0 aromatic heterocycles. The zero-order valence-corrected chi connectivity index (χ0v) is 16.5. The molecular weight excluding hydrogens is 356 g/mol. The second-order valence-electron chi connectivity index (χ2n) is 9.41. The molecule has 1 saturated carbocycles. The van der Waals surface area contributed by atoms with Crippen LogP contribution in [0.25, 0.3) is 10.8 Å². The summed E-state index contributed by atoms with van der Waals surface area (Å²) in [6.07, 6.45) is 13.9. The number of rotatable bonds is 0. The molecule has 0 radical (unpaired) electrons. The molecule has 2 aromatic carbocycles. The van der Waals surface area contributed by atoms with Crippen LogP contribution in [0.3, 0.4) is 0 Å². The van der Waals surface area contributed by atoms with Gasteiger partial charge >= 0.3 is 0 Å². The lowest BCUT2D eigenvalue weighted by molar-refractivity contribution is 0.279. The van der Waals surface area contributed by atoms with Gasteiger partial charge in [-0.3, -0.25) is 0 Å². The van der Waals surface area contributed by atoms with Crippen molar-refractivity contribution >= 4 is 22.1 Å². The predicted molar refractivity (Wildman–Crippen MR) is 118 cm³/mol. The maximum Gasteiger partial charge on any atom is 0.112 e. The van der Waals surface area contributed by atoms with Gasteiger partial charge in [-0.05, 0) is 61.6 Å². The molecule has 2 aliphatic heterocycles. The molecule has 2 heterocycles. The molecule has 0 amide bonds. The Morgan fingerprint density at radius 2 is 1.62 bits per heavy atom. The zero-order chi connectivity index (χ0) is 19.1. The summed E-state index contributed by atoms with van der Waals surface area (Å²) in [5.74, 6) is 0.679. The summed E-state index contributed by atoms with van der Waals surface area (Å²) in [6.45, 7) is 0. The lowest BCUT2D eigenvalue weighted by Gasteiger charge is -2.46. The van der Waals surface area contributed by atoms with E-state index < -0.39 is 0 Å². The Kier molecular flexibility index (Phi) is 2.96. The van der Waals surface area contributed by atoms with Crippen LogP contribution in [0.5, 0.6) is 0 Å². The average Bonchev–Trinajstić information content (AvgIpc) is 3.04. The number of benzene rings is 2. The fourth-order valence-electron chi connectivity index (χ4n) is 6.36. The minimum absolute atomic E-state index is 0.103. The third-order valence-electron chi connectivity index (χ3n) is 7.54. The highest BCUT2D eigenvalue weighted by Crippen LogP contribution is 2.49. The standard InChI is InChI=1S/C25H26N4/c1-5-16-6-2-10-19-22(16)18(9-1)26-24(27-19)13-14-25(15-24)28-20-11-3-7-17-8-4-12-21(29-25)23(17)20/h1-3,5-6,9-12,17,26-29H,4,7-8,13-15H2. The van der Waals surface area contributed by atoms with Crippen LogP contribution >= 0.6 is 0 Å². The molecule has 2 atom stereocenters. The van der Waals surface area contributed by atoms with Crippen molar-refractivity contribution in [1.29, 1.82) is 0 Å². The monoisotopic (exact) mass is 382 g/mol. The van der Waals surface area contributed by atoms with E-state index in [0.717, 1.165) is 19.3 Å². The van der Waals surface area contributed by atoms with Gasteiger partial charge in [0.25, 0.3) is 0 Å². The van der Waals surface area contributed by atoms with Gasteiger partial charge in [0.2, 0.25) is 0 Å². The number of hydrogen-bond acceptors (Lipinski definition) is 4. The highest BCUT2D eigenvalue weighted by atomic mass is 15.3. The Balaban J connectivity index is 1.26. The van der Waals surface area contributed by atoms with Crippen LogP contribution in [0.1, 0.15) is 38.5 Å². The van der Waals surface area contributed by atoms with Gasteiger partial charge in [-0.1, -0.05) is 36.4 Å². The van der Waals surface area contributed by atoms with Gasteiger partial charge in [-0.25, -0.2) is 0 Å². The molecule has 146 valence electrons. The first-order valence-corrected chi connectivity index (χ1v) is 11.0. The van der Waals surface area contributed by atoms with Gasteiger partial charge in [0.15, 0.2) is 0 Å². The van der Waals surface area contributed by atoms with Crippen molar-refractivity contribution in [2.24, 2.45) is 5.92 Å². The molecule has 4 nitrogen and oxygen atoms in total. The molecule has 7 rings (SSSR count). The number of allylic oxidation sites excluding steroid dienone is 4. The second kappa shape index (κ2) is 5.38. The van der Waals surface area contributed by atoms with E-state index in [0.29, 0.717) is 5.92 Å². The van der Waals surface area contributed by atoms with E-state index >= 15 is 0 Å². The topological polar surface area (TPSA) is 48.1 Å². The summed E-state index contributed by atoms with van der Waals surface area (Å²) in [7, 11) is 0. The largest absolute Gasteiger partial charge is 0.363 e. The van der Waals surface area contributed by atoms with Gasteiger partial charge < -0.3 is 21.3 Å². The van der Waals surface area contributed by atoms with Crippen LogP contribution in [0.4, 0.5) is 11.4 Å². The van der Waals surface area contributed by atoms with Gasteiger partial charge in [-0.15, -0.1) is 0 Å². The van der Waals surface area contributed by atoms with Crippen LogP contribution in [-0.2, 0) is 0 Å². The van der Waals surface area contributed by atoms with Gasteiger partial charge in [0, 0.05) is 40.1 Å². The third kappa shape index (κ3) is 2.20. The summed E-state index contributed by atoms with van der Waals surface area (Å²) < 4.78 is 0. The molecule has 1 fully saturated rings. The molecule has 4 N–H and O–H groups in total. The number of nitrogens with one attached hydrogen (secondary N) is 4. The van der Waals surface area contributed by atoms with Gasteiger partial charge in [0.05, 0.1) is 0 Å². The first kappa shape index (κ1) is 16.0. The van der Waals surface area contributed by atoms with Crippen molar-refractivity contribution in [2.45, 2.75) is 49.9 Å². The molecule has 4 heteroatoms. The molecule has 2 spiro atoms. The van der Waals surface area contributed by atoms with E-state index in [1.54, 1.807) is 0 Å². The van der Waals surface area contributed by atoms with Crippen LogP contribution in [0.15, 0.2) is 71.6 Å². The smallest absolute Gasteiger partial charge is 0.112 e. The molecule has 0 bridgehead atoms. The molecule has 5 aliphatic rings. The van der Waals surface area contributed by atoms with E-state index in [1.165, 1.54) is 58.4 Å². The SMILES string of the molecule is C1=CC2=C3C(=CCCC3C1)NC1(CCC3(C1)Nc1cccc4cccc(c14)N3)N2. The molecule has 0 saturated heterocycles. The maximum atomic E-state index is 3.96. The Hall–Kier alpha value is -2.88. The Labute approximate surface area is 171 Å². The Morgan fingerprint density at radius 1 is 0.862 bits per heavy atom. The number of hydrogen-bond donors (Lipinski definition) is 4. The quantitative estimate of drug-likeness (QED) is 0.520. The van der Waals surface area contributed by atoms with Crippen molar-refractivity contribution in [2.75, 3.05) is 10.6 Å². The highest BCUT2D eigenvalue weighted by Gasteiger charge is 2.52. The van der Waals surface area contributed by atoms with E-state index in [2.05, 4.69) is 75.9 Å². The fraction of sp³-hybridized carbons (Fsp3) is 0.360. The normalized spacial score (nSPS) is 30.3. The summed E-state index contributed by atoms with van der Waals surface area (Å²) in [6, 6.07) is 13.1. The lowest BCUT2D eigenvalue weighted by atomic mass is 9.78. The van der Waals surface area contributed by atoms with E-state index in [1.807, 2.05) is 0 Å². The van der Waals surface area contributed by atoms with Gasteiger partial charge in [-0.2, -0.15) is 0 Å². The minimum Gasteiger partial charge on any atom is -0.363 e. The molecule has 2 aromatic rings. The molecular formula is C25H26N4. The maximum absolute atomic E-state index is 3.96. The zero-order valence-electron chi connectivity index (χ0n) is 16.5. The summed E-state index contributed by atoms with van der Waals surface area (Å²) in [4.78, 5) is 0. The second-order valence-corrected chi connectivity index (χ2v) is 9.41. The number of anilines is 2. The van der Waals surface area contributed by atoms with Crippen molar-refractivity contribution < 1.29 is 0 Å². The van der Waals surface area contributed by atoms with E-state index in [9.17, 15) is 0 Å². The minimum atomic E-state index is -0.131. The summed E-state index contributed by atoms with van der Waals surface area (Å²) in [5.41, 5.74) is 6.52. The van der Waals surface area contributed by atoms with Crippen molar-refractivity contribution in [1.82, 2.24) is 10.6 Å². The van der Waals surface area contributed by atoms with Crippen LogP contribution in [0.2, 0.25) is 0 Å². The van der Waals surface area contributed by atoms with Crippen LogP contribution < -0.4 is 21.3 Å². The predicted octanol–water partition coefficient (Wildman–Crippen LogP) is 4.95. The van der Waals surface area contributed by atoms with Crippen molar-refractivity contribution in [3.05, 3.63) is 71.6 Å². The Morgan fingerprint density at radius 3 is 2.41 bits per heavy atom. The van der Waals surface area contributed by atoms with E-state index in [4.69, 9.17) is 0 Å². The van der Waals surface area contributed by atoms with Crippen LogP contribution in [0, 0.1) is 5.92 Å². The molecule has 29 heavy (non-hydrogen) atoms. The van der Waals surface area contributed by atoms with Crippen molar-refractivity contribution in [3.63, 3.8) is 0 Å². The Bertz CT molecular complexity index is 1100. The van der Waals surface area contributed by atoms with Crippen LogP contribution in [-0.4, -0.2) is 11.3 Å². The van der Waals surface area contributed by atoms with E-state index in [-0.39, 0.29) is 11.3 Å². The average molecular weight is 383 g/mol. The first-order chi connectivity index (χ1) is 14.2. The third-order valence-corrected chi connectivity index (χ3v) is 7.54.